The van der Waals surface area contributed by atoms with E-state index in [2.05, 4.69) is 14.1 Å². The summed E-state index contributed by atoms with van der Waals surface area (Å²) in [5.74, 6) is 0.625. The van der Waals surface area contributed by atoms with E-state index in [-0.39, 0.29) is 0 Å². The molecular weight excluding hydrogens is 214 g/mol. The molecular formula is C6H4ClN3S2. The summed E-state index contributed by atoms with van der Waals surface area (Å²) in [4.78, 5) is 0. The van der Waals surface area contributed by atoms with Crippen LogP contribution >= 0.6 is 34.7 Å². The van der Waals surface area contributed by atoms with Crippen molar-refractivity contribution in [1.82, 2.24) is 8.75 Å². The van der Waals surface area contributed by atoms with Crippen LogP contribution in [-0.4, -0.2) is 8.75 Å². The molecule has 0 bridgehead atoms. The Hall–Kier alpha value is -0.650. The van der Waals surface area contributed by atoms with Gasteiger partial charge >= 0.3 is 0 Å². The summed E-state index contributed by atoms with van der Waals surface area (Å²) in [5.41, 5.74) is 0.995. The number of hydrogen-bond donors (Lipinski definition) is 1. The average molecular weight is 218 g/mol. The van der Waals surface area contributed by atoms with Crippen LogP contribution in [0.25, 0.3) is 0 Å². The van der Waals surface area contributed by atoms with Crippen molar-refractivity contribution in [3.05, 3.63) is 22.0 Å². The summed E-state index contributed by atoms with van der Waals surface area (Å²) in [6.45, 7) is 0. The van der Waals surface area contributed by atoms with Crippen molar-refractivity contribution in [2.45, 2.75) is 0 Å². The number of rotatable bonds is 2. The summed E-state index contributed by atoms with van der Waals surface area (Å²) in [7, 11) is 0. The van der Waals surface area contributed by atoms with E-state index >= 15 is 0 Å². The van der Waals surface area contributed by atoms with E-state index in [1.807, 2.05) is 16.8 Å². The Bertz CT molecular complexity index is 357. The first-order valence-electron chi connectivity index (χ1n) is 3.13. The second kappa shape index (κ2) is 3.38. The zero-order chi connectivity index (χ0) is 8.39. The number of halogens is 1. The molecule has 0 aliphatic carbocycles. The molecule has 6 heteroatoms. The lowest BCUT2D eigenvalue weighted by molar-refractivity contribution is 1.46. The van der Waals surface area contributed by atoms with Gasteiger partial charge in [0.15, 0.2) is 11.0 Å². The minimum Gasteiger partial charge on any atom is -0.336 e. The molecule has 2 heterocycles. The van der Waals surface area contributed by atoms with Gasteiger partial charge in [-0.2, -0.15) is 20.1 Å². The SMILES string of the molecule is Clc1nsnc1Nc1ccsc1. The number of aromatic nitrogens is 2. The maximum Gasteiger partial charge on any atom is 0.187 e. The molecule has 12 heavy (non-hydrogen) atoms. The summed E-state index contributed by atoms with van der Waals surface area (Å²) < 4.78 is 7.82. The number of thiophene rings is 1. The molecule has 0 aliphatic rings. The van der Waals surface area contributed by atoms with Crippen molar-refractivity contribution in [2.75, 3.05) is 5.32 Å². The predicted molar refractivity (Wildman–Crippen MR) is 52.5 cm³/mol. The van der Waals surface area contributed by atoms with Crippen LogP contribution in [0.1, 0.15) is 0 Å². The zero-order valence-electron chi connectivity index (χ0n) is 5.82. The van der Waals surface area contributed by atoms with E-state index < -0.39 is 0 Å². The molecule has 2 aromatic rings. The van der Waals surface area contributed by atoms with Crippen LogP contribution in [0.3, 0.4) is 0 Å². The van der Waals surface area contributed by atoms with Gasteiger partial charge in [0.05, 0.1) is 17.4 Å². The number of nitrogens with one attached hydrogen (secondary N) is 1. The Labute approximate surface area is 82.3 Å². The quantitative estimate of drug-likeness (QED) is 0.841. The first-order valence-corrected chi connectivity index (χ1v) is 5.18. The third-order valence-corrected chi connectivity index (χ3v) is 2.81. The molecule has 2 aromatic heterocycles. The molecule has 0 aromatic carbocycles. The molecule has 0 unspecified atom stereocenters. The molecule has 0 amide bonds. The fraction of sp³-hybridized carbons (Fsp3) is 0. The highest BCUT2D eigenvalue weighted by atomic mass is 35.5. The second-order valence-corrected chi connectivity index (χ2v) is 3.71. The molecule has 0 radical (unpaired) electrons. The molecule has 2 rings (SSSR count). The monoisotopic (exact) mass is 217 g/mol. The van der Waals surface area contributed by atoms with Crippen molar-refractivity contribution < 1.29 is 0 Å². The van der Waals surface area contributed by atoms with Gasteiger partial charge in [0.1, 0.15) is 0 Å². The van der Waals surface area contributed by atoms with E-state index in [0.717, 1.165) is 17.4 Å². The third kappa shape index (κ3) is 1.57. The molecule has 0 fully saturated rings. The van der Waals surface area contributed by atoms with Gasteiger partial charge in [0, 0.05) is 5.38 Å². The summed E-state index contributed by atoms with van der Waals surface area (Å²) >= 11 is 8.45. The standard InChI is InChI=1S/C6H4ClN3S2/c7-5-6(10-12-9-5)8-4-1-2-11-3-4/h1-3H,(H,8,10). The predicted octanol–water partition coefficient (Wildman–Crippen LogP) is 3.00. The Morgan fingerprint density at radius 2 is 2.33 bits per heavy atom. The summed E-state index contributed by atoms with van der Waals surface area (Å²) in [6, 6.07) is 1.96. The third-order valence-electron chi connectivity index (χ3n) is 1.23. The van der Waals surface area contributed by atoms with E-state index in [0.29, 0.717) is 11.0 Å². The molecule has 0 saturated carbocycles. The van der Waals surface area contributed by atoms with E-state index in [1.54, 1.807) is 11.3 Å². The summed E-state index contributed by atoms with van der Waals surface area (Å²) in [6.07, 6.45) is 0. The van der Waals surface area contributed by atoms with Crippen LogP contribution in [0.15, 0.2) is 16.8 Å². The number of nitrogens with zero attached hydrogens (tertiary/aromatic N) is 2. The Morgan fingerprint density at radius 1 is 1.42 bits per heavy atom. The molecule has 0 spiro atoms. The maximum atomic E-state index is 5.73. The first kappa shape index (κ1) is 7.97. The minimum absolute atomic E-state index is 0.422. The van der Waals surface area contributed by atoms with Crippen LogP contribution in [0, 0.1) is 0 Å². The Morgan fingerprint density at radius 3 is 2.92 bits per heavy atom. The highest BCUT2D eigenvalue weighted by Crippen LogP contribution is 2.23. The number of hydrogen-bond acceptors (Lipinski definition) is 5. The molecule has 0 saturated heterocycles. The largest absolute Gasteiger partial charge is 0.336 e. The van der Waals surface area contributed by atoms with Gasteiger partial charge < -0.3 is 5.32 Å². The van der Waals surface area contributed by atoms with Gasteiger partial charge in [-0.25, -0.2) is 0 Å². The van der Waals surface area contributed by atoms with E-state index in [9.17, 15) is 0 Å². The maximum absolute atomic E-state index is 5.73. The Balaban J connectivity index is 2.20. The lowest BCUT2D eigenvalue weighted by Gasteiger charge is -1.96. The lowest BCUT2D eigenvalue weighted by Crippen LogP contribution is -1.87. The number of anilines is 2. The van der Waals surface area contributed by atoms with Gasteiger partial charge in [0.25, 0.3) is 0 Å². The van der Waals surface area contributed by atoms with Crippen LogP contribution in [0.5, 0.6) is 0 Å². The van der Waals surface area contributed by atoms with E-state index in [4.69, 9.17) is 11.6 Å². The minimum atomic E-state index is 0.422. The van der Waals surface area contributed by atoms with Crippen molar-refractivity contribution in [1.29, 1.82) is 0 Å². The molecule has 3 nitrogen and oxygen atoms in total. The van der Waals surface area contributed by atoms with Gasteiger partial charge in [-0.05, 0) is 11.4 Å². The van der Waals surface area contributed by atoms with Gasteiger partial charge in [-0.15, -0.1) is 0 Å². The first-order chi connectivity index (χ1) is 5.86. The fourth-order valence-corrected chi connectivity index (χ4v) is 1.96. The zero-order valence-corrected chi connectivity index (χ0v) is 8.21. The fourth-order valence-electron chi connectivity index (χ4n) is 0.725. The smallest absolute Gasteiger partial charge is 0.187 e. The normalized spacial score (nSPS) is 10.1. The molecule has 0 atom stereocenters. The lowest BCUT2D eigenvalue weighted by atomic mass is 10.5. The summed E-state index contributed by atoms with van der Waals surface area (Å²) in [5, 5.41) is 7.43. The molecule has 1 N–H and O–H groups in total. The topological polar surface area (TPSA) is 37.8 Å². The average Bonchev–Trinajstić information content (AvgIpc) is 2.65. The van der Waals surface area contributed by atoms with Crippen LogP contribution < -0.4 is 5.32 Å². The van der Waals surface area contributed by atoms with Gasteiger partial charge in [-0.3, -0.25) is 0 Å². The highest BCUT2D eigenvalue weighted by molar-refractivity contribution is 7.08. The second-order valence-electron chi connectivity index (χ2n) is 2.04. The van der Waals surface area contributed by atoms with Crippen molar-refractivity contribution in [3.63, 3.8) is 0 Å². The van der Waals surface area contributed by atoms with Gasteiger partial charge in [0.2, 0.25) is 0 Å². The van der Waals surface area contributed by atoms with Gasteiger partial charge in [-0.1, -0.05) is 11.6 Å². The highest BCUT2D eigenvalue weighted by Gasteiger charge is 2.04. The van der Waals surface area contributed by atoms with Crippen LogP contribution in [0.4, 0.5) is 11.5 Å². The van der Waals surface area contributed by atoms with Crippen molar-refractivity contribution >= 4 is 46.2 Å². The molecule has 62 valence electrons. The van der Waals surface area contributed by atoms with Crippen molar-refractivity contribution in [3.8, 4) is 0 Å². The van der Waals surface area contributed by atoms with Crippen molar-refractivity contribution in [2.24, 2.45) is 0 Å². The Kier molecular flexibility index (Phi) is 2.25. The van der Waals surface area contributed by atoms with E-state index in [1.165, 1.54) is 0 Å². The van der Waals surface area contributed by atoms with Crippen LogP contribution in [0.2, 0.25) is 5.15 Å². The molecule has 0 aliphatic heterocycles. The van der Waals surface area contributed by atoms with Crippen LogP contribution in [-0.2, 0) is 0 Å².